The van der Waals surface area contributed by atoms with Crippen LogP contribution in [-0.4, -0.2) is 17.7 Å². The van der Waals surface area contributed by atoms with Crippen molar-refractivity contribution in [2.45, 2.75) is 6.54 Å². The molecule has 3 N–H and O–H groups in total. The second-order valence-corrected chi connectivity index (χ2v) is 4.80. The Morgan fingerprint density at radius 1 is 1.42 bits per heavy atom. The molecule has 1 aromatic heterocycles. The van der Waals surface area contributed by atoms with Gasteiger partial charge in [0.15, 0.2) is 11.5 Å². The van der Waals surface area contributed by atoms with E-state index in [9.17, 15) is 4.79 Å². The van der Waals surface area contributed by atoms with Gasteiger partial charge in [-0.05, 0) is 12.1 Å². The number of carbonyl (C=O) groups excluding carboxylic acids is 1. The number of hydrogen-bond donors (Lipinski definition) is 2. The van der Waals surface area contributed by atoms with Crippen LogP contribution in [0.2, 0.25) is 0 Å². The molecule has 0 saturated heterocycles. The Kier molecular flexibility index (Phi) is 3.06. The van der Waals surface area contributed by atoms with Gasteiger partial charge in [0, 0.05) is 23.7 Å². The smallest absolute Gasteiger partial charge is 0.275 e. The molecule has 2 heterocycles. The van der Waals surface area contributed by atoms with E-state index in [2.05, 4.69) is 10.3 Å². The molecule has 7 heteroatoms. The average molecular weight is 277 g/mol. The first-order chi connectivity index (χ1) is 9.26. The van der Waals surface area contributed by atoms with Crippen molar-refractivity contribution in [3.8, 4) is 11.5 Å². The molecule has 0 spiro atoms. The third kappa shape index (κ3) is 2.38. The molecule has 2 aromatic rings. The van der Waals surface area contributed by atoms with Gasteiger partial charge in [-0.2, -0.15) is 0 Å². The van der Waals surface area contributed by atoms with Crippen molar-refractivity contribution in [3.05, 3.63) is 34.3 Å². The van der Waals surface area contributed by atoms with E-state index >= 15 is 0 Å². The Hall–Kier alpha value is -2.12. The van der Waals surface area contributed by atoms with Crippen molar-refractivity contribution in [2.24, 2.45) is 5.73 Å². The van der Waals surface area contributed by atoms with E-state index in [1.165, 1.54) is 11.3 Å². The first kappa shape index (κ1) is 11.9. The summed E-state index contributed by atoms with van der Waals surface area (Å²) in [5.74, 6) is 1.03. The van der Waals surface area contributed by atoms with Gasteiger partial charge in [-0.3, -0.25) is 4.79 Å². The Morgan fingerprint density at radius 3 is 3.05 bits per heavy atom. The maximum atomic E-state index is 12.0. The normalized spacial score (nSPS) is 12.5. The van der Waals surface area contributed by atoms with Crippen molar-refractivity contribution in [3.63, 3.8) is 0 Å². The molecule has 0 fully saturated rings. The van der Waals surface area contributed by atoms with Gasteiger partial charge in [0.05, 0.1) is 0 Å². The van der Waals surface area contributed by atoms with Crippen LogP contribution in [0.5, 0.6) is 11.5 Å². The van der Waals surface area contributed by atoms with Gasteiger partial charge in [0.1, 0.15) is 10.7 Å². The fraction of sp³-hybridized carbons (Fsp3) is 0.167. The van der Waals surface area contributed by atoms with E-state index < -0.39 is 0 Å². The standard InChI is InChI=1S/C12H11N3O3S/c13-4-11-15-8(5-19-11)12(16)14-7-1-2-9-10(3-7)18-6-17-9/h1-3,5H,4,6,13H2,(H,14,16). The highest BCUT2D eigenvalue weighted by atomic mass is 32.1. The van der Waals surface area contributed by atoms with Crippen LogP contribution in [0.1, 0.15) is 15.5 Å². The minimum Gasteiger partial charge on any atom is -0.454 e. The number of thiazole rings is 1. The molecule has 1 aromatic carbocycles. The molecule has 0 radical (unpaired) electrons. The summed E-state index contributed by atoms with van der Waals surface area (Å²) in [5.41, 5.74) is 6.46. The number of rotatable bonds is 3. The van der Waals surface area contributed by atoms with Crippen LogP contribution in [0.3, 0.4) is 0 Å². The number of anilines is 1. The first-order valence-electron chi connectivity index (χ1n) is 5.62. The quantitative estimate of drug-likeness (QED) is 0.889. The Labute approximate surface area is 113 Å². The van der Waals surface area contributed by atoms with E-state index in [4.69, 9.17) is 15.2 Å². The van der Waals surface area contributed by atoms with Crippen LogP contribution >= 0.6 is 11.3 Å². The molecule has 1 aliphatic rings. The largest absolute Gasteiger partial charge is 0.454 e. The summed E-state index contributed by atoms with van der Waals surface area (Å²) in [4.78, 5) is 16.1. The van der Waals surface area contributed by atoms with Gasteiger partial charge in [-0.15, -0.1) is 11.3 Å². The van der Waals surface area contributed by atoms with E-state index in [1.807, 2.05) is 0 Å². The van der Waals surface area contributed by atoms with E-state index in [-0.39, 0.29) is 12.7 Å². The number of carbonyl (C=O) groups is 1. The zero-order valence-electron chi connectivity index (χ0n) is 9.88. The molecule has 0 atom stereocenters. The van der Waals surface area contributed by atoms with Crippen molar-refractivity contribution < 1.29 is 14.3 Å². The van der Waals surface area contributed by atoms with Crippen LogP contribution in [-0.2, 0) is 6.54 Å². The Morgan fingerprint density at radius 2 is 2.26 bits per heavy atom. The summed E-state index contributed by atoms with van der Waals surface area (Å²) in [6.45, 7) is 0.542. The monoisotopic (exact) mass is 277 g/mol. The number of nitrogens with one attached hydrogen (secondary N) is 1. The fourth-order valence-corrected chi connectivity index (χ4v) is 2.33. The molecule has 19 heavy (non-hydrogen) atoms. The SMILES string of the molecule is NCc1nc(C(=O)Nc2ccc3c(c2)OCO3)cs1. The lowest BCUT2D eigenvalue weighted by atomic mass is 10.2. The molecule has 0 saturated carbocycles. The topological polar surface area (TPSA) is 86.5 Å². The maximum absolute atomic E-state index is 12.0. The van der Waals surface area contributed by atoms with Gasteiger partial charge in [0.2, 0.25) is 6.79 Å². The second kappa shape index (κ2) is 4.87. The van der Waals surface area contributed by atoms with Gasteiger partial charge in [-0.25, -0.2) is 4.98 Å². The molecule has 98 valence electrons. The second-order valence-electron chi connectivity index (χ2n) is 3.85. The lowest BCUT2D eigenvalue weighted by molar-refractivity contribution is 0.102. The number of amides is 1. The molecule has 0 unspecified atom stereocenters. The molecule has 6 nitrogen and oxygen atoms in total. The summed E-state index contributed by atoms with van der Waals surface area (Å²) < 4.78 is 10.4. The highest BCUT2D eigenvalue weighted by molar-refractivity contribution is 7.09. The zero-order valence-corrected chi connectivity index (χ0v) is 10.7. The molecular formula is C12H11N3O3S. The van der Waals surface area contributed by atoms with Gasteiger partial charge < -0.3 is 20.5 Å². The Bertz CT molecular complexity index is 626. The van der Waals surface area contributed by atoms with E-state index in [0.717, 1.165) is 5.01 Å². The number of hydrogen-bond acceptors (Lipinski definition) is 6. The van der Waals surface area contributed by atoms with Crippen molar-refractivity contribution in [1.82, 2.24) is 4.98 Å². The average Bonchev–Trinajstić information content (AvgIpc) is 3.06. The summed E-state index contributed by atoms with van der Waals surface area (Å²) in [6.07, 6.45) is 0. The van der Waals surface area contributed by atoms with Crippen molar-refractivity contribution in [1.29, 1.82) is 0 Å². The molecule has 0 bridgehead atoms. The molecule has 0 aliphatic carbocycles. The third-order valence-corrected chi connectivity index (χ3v) is 3.46. The lowest BCUT2D eigenvalue weighted by Gasteiger charge is -2.04. The van der Waals surface area contributed by atoms with Gasteiger partial charge >= 0.3 is 0 Å². The highest BCUT2D eigenvalue weighted by Gasteiger charge is 2.15. The van der Waals surface area contributed by atoms with Crippen LogP contribution in [0.15, 0.2) is 23.6 Å². The third-order valence-electron chi connectivity index (χ3n) is 2.59. The number of nitrogens with two attached hydrogens (primary N) is 1. The van der Waals surface area contributed by atoms with E-state index in [1.54, 1.807) is 23.6 Å². The molecule has 1 amide bonds. The summed E-state index contributed by atoms with van der Waals surface area (Å²) in [6, 6.07) is 5.22. The lowest BCUT2D eigenvalue weighted by Crippen LogP contribution is -2.12. The summed E-state index contributed by atoms with van der Waals surface area (Å²) in [5, 5.41) is 5.17. The Balaban J connectivity index is 1.75. The van der Waals surface area contributed by atoms with Crippen LogP contribution < -0.4 is 20.5 Å². The highest BCUT2D eigenvalue weighted by Crippen LogP contribution is 2.34. The summed E-state index contributed by atoms with van der Waals surface area (Å²) >= 11 is 1.37. The number of ether oxygens (including phenoxy) is 2. The fourth-order valence-electron chi connectivity index (χ4n) is 1.68. The van der Waals surface area contributed by atoms with Crippen molar-refractivity contribution >= 4 is 22.9 Å². The maximum Gasteiger partial charge on any atom is 0.275 e. The van der Waals surface area contributed by atoms with Crippen LogP contribution in [0.25, 0.3) is 0 Å². The number of nitrogens with zero attached hydrogens (tertiary/aromatic N) is 1. The van der Waals surface area contributed by atoms with Crippen LogP contribution in [0, 0.1) is 0 Å². The summed E-state index contributed by atoms with van der Waals surface area (Å²) in [7, 11) is 0. The number of fused-ring (bicyclic) bond motifs is 1. The van der Waals surface area contributed by atoms with Crippen molar-refractivity contribution in [2.75, 3.05) is 12.1 Å². The van der Waals surface area contributed by atoms with Crippen LogP contribution in [0.4, 0.5) is 5.69 Å². The molecule has 1 aliphatic heterocycles. The minimum atomic E-state index is -0.269. The van der Waals surface area contributed by atoms with Gasteiger partial charge in [0.25, 0.3) is 5.91 Å². The molecule has 3 rings (SSSR count). The van der Waals surface area contributed by atoms with Gasteiger partial charge in [-0.1, -0.05) is 0 Å². The number of aromatic nitrogens is 1. The van der Waals surface area contributed by atoms with E-state index in [0.29, 0.717) is 29.4 Å². The number of benzene rings is 1. The predicted molar refractivity (Wildman–Crippen MR) is 70.5 cm³/mol. The molecular weight excluding hydrogens is 266 g/mol. The zero-order chi connectivity index (χ0) is 13.2. The minimum absolute atomic E-state index is 0.207. The predicted octanol–water partition coefficient (Wildman–Crippen LogP) is 1.58. The first-order valence-corrected chi connectivity index (χ1v) is 6.49.